The van der Waals surface area contributed by atoms with E-state index in [0.29, 0.717) is 0 Å². The summed E-state index contributed by atoms with van der Waals surface area (Å²) in [6.07, 6.45) is 5.81. The third kappa shape index (κ3) is 1.20. The number of aromatic nitrogens is 1. The molecule has 0 aliphatic heterocycles. The van der Waals surface area contributed by atoms with Crippen LogP contribution in [0.5, 0.6) is 0 Å². The van der Waals surface area contributed by atoms with Gasteiger partial charge in [0.15, 0.2) is 0 Å². The van der Waals surface area contributed by atoms with Crippen molar-refractivity contribution in [1.29, 1.82) is 0 Å². The second kappa shape index (κ2) is 2.97. The number of aryl methyl sites for hydroxylation is 1. The zero-order chi connectivity index (χ0) is 8.39. The average Bonchev–Trinajstić information content (AvgIpc) is 2.51. The molecular formula is C10H11NO. The van der Waals surface area contributed by atoms with E-state index in [1.54, 1.807) is 6.26 Å². The first-order chi connectivity index (χ1) is 5.90. The first-order valence-corrected chi connectivity index (χ1v) is 4.22. The Hall–Kier alpha value is -1.31. The molecule has 0 unspecified atom stereocenters. The average molecular weight is 161 g/mol. The van der Waals surface area contributed by atoms with E-state index < -0.39 is 0 Å². The van der Waals surface area contributed by atoms with E-state index in [9.17, 15) is 0 Å². The summed E-state index contributed by atoms with van der Waals surface area (Å²) >= 11 is 0. The van der Waals surface area contributed by atoms with E-state index in [0.717, 1.165) is 23.9 Å². The van der Waals surface area contributed by atoms with Crippen LogP contribution in [0.15, 0.2) is 29.0 Å². The van der Waals surface area contributed by atoms with Crippen LogP contribution in [0, 0.1) is 0 Å². The normalized spacial score (nSPS) is 10.8. The van der Waals surface area contributed by atoms with Crippen LogP contribution in [0.1, 0.15) is 18.9 Å². The molecule has 0 atom stereocenters. The van der Waals surface area contributed by atoms with Gasteiger partial charge in [0, 0.05) is 11.6 Å². The van der Waals surface area contributed by atoms with Gasteiger partial charge in [-0.05, 0) is 24.1 Å². The first kappa shape index (κ1) is 7.35. The topological polar surface area (TPSA) is 26.0 Å². The number of rotatable bonds is 2. The predicted molar refractivity (Wildman–Crippen MR) is 48.0 cm³/mol. The first-order valence-electron chi connectivity index (χ1n) is 4.22. The maximum absolute atomic E-state index is 5.14. The predicted octanol–water partition coefficient (Wildman–Crippen LogP) is 2.78. The number of furan rings is 1. The summed E-state index contributed by atoms with van der Waals surface area (Å²) in [4.78, 5) is 4.19. The van der Waals surface area contributed by atoms with Crippen molar-refractivity contribution in [3.63, 3.8) is 0 Å². The number of pyridine rings is 1. The molecule has 0 aliphatic rings. The summed E-state index contributed by atoms with van der Waals surface area (Å²) in [6, 6.07) is 4.08. The molecule has 0 saturated carbocycles. The van der Waals surface area contributed by atoms with E-state index in [1.807, 2.05) is 12.3 Å². The second-order valence-corrected chi connectivity index (χ2v) is 2.91. The van der Waals surface area contributed by atoms with Crippen molar-refractivity contribution in [1.82, 2.24) is 4.98 Å². The molecule has 0 aliphatic carbocycles. The molecule has 0 saturated heterocycles. The van der Waals surface area contributed by atoms with Gasteiger partial charge >= 0.3 is 0 Å². The van der Waals surface area contributed by atoms with Gasteiger partial charge in [-0.1, -0.05) is 13.3 Å². The van der Waals surface area contributed by atoms with E-state index in [4.69, 9.17) is 4.42 Å². The molecule has 12 heavy (non-hydrogen) atoms. The third-order valence-electron chi connectivity index (χ3n) is 1.90. The van der Waals surface area contributed by atoms with Crippen LogP contribution in [0.4, 0.5) is 0 Å². The van der Waals surface area contributed by atoms with Crippen molar-refractivity contribution in [2.24, 2.45) is 0 Å². The number of hydrogen-bond donors (Lipinski definition) is 0. The highest BCUT2D eigenvalue weighted by Gasteiger charge is 1.98. The van der Waals surface area contributed by atoms with Gasteiger partial charge in [0.25, 0.3) is 0 Å². The van der Waals surface area contributed by atoms with E-state index in [2.05, 4.69) is 18.0 Å². The van der Waals surface area contributed by atoms with E-state index in [1.165, 1.54) is 5.56 Å². The van der Waals surface area contributed by atoms with E-state index >= 15 is 0 Å². The fourth-order valence-electron chi connectivity index (χ4n) is 1.33. The lowest BCUT2D eigenvalue weighted by molar-refractivity contribution is 0.603. The Labute approximate surface area is 71.2 Å². The van der Waals surface area contributed by atoms with Crippen LogP contribution in [-0.4, -0.2) is 4.98 Å². The highest BCUT2D eigenvalue weighted by atomic mass is 16.3. The molecule has 0 fully saturated rings. The molecule has 2 heteroatoms. The van der Waals surface area contributed by atoms with Crippen LogP contribution in [0.2, 0.25) is 0 Å². The minimum Gasteiger partial charge on any atom is -0.446 e. The molecule has 2 aromatic rings. The van der Waals surface area contributed by atoms with Crippen LogP contribution in [0.25, 0.3) is 11.1 Å². The van der Waals surface area contributed by atoms with Crippen LogP contribution in [0.3, 0.4) is 0 Å². The monoisotopic (exact) mass is 161 g/mol. The Morgan fingerprint density at radius 1 is 1.50 bits per heavy atom. The summed E-state index contributed by atoms with van der Waals surface area (Å²) in [5.41, 5.74) is 2.02. The Morgan fingerprint density at radius 3 is 3.25 bits per heavy atom. The lowest BCUT2D eigenvalue weighted by atomic mass is 10.1. The third-order valence-corrected chi connectivity index (χ3v) is 1.90. The summed E-state index contributed by atoms with van der Waals surface area (Å²) in [6.45, 7) is 2.17. The maximum Gasteiger partial charge on any atom is 0.225 e. The van der Waals surface area contributed by atoms with Crippen LogP contribution < -0.4 is 0 Å². The lowest BCUT2D eigenvalue weighted by Crippen LogP contribution is -1.83. The SMILES string of the molecule is CCCc1cnc2occc2c1. The number of hydrogen-bond acceptors (Lipinski definition) is 2. The maximum atomic E-state index is 5.14. The minimum absolute atomic E-state index is 0.731. The van der Waals surface area contributed by atoms with Gasteiger partial charge in [-0.3, -0.25) is 0 Å². The molecule has 2 rings (SSSR count). The Kier molecular flexibility index (Phi) is 1.82. The van der Waals surface area contributed by atoms with Gasteiger partial charge < -0.3 is 4.42 Å². The van der Waals surface area contributed by atoms with Gasteiger partial charge in [0.1, 0.15) is 0 Å². The zero-order valence-corrected chi connectivity index (χ0v) is 7.08. The molecule has 62 valence electrons. The molecule has 0 amide bonds. The van der Waals surface area contributed by atoms with Gasteiger partial charge in [0.2, 0.25) is 5.71 Å². The summed E-state index contributed by atoms with van der Waals surface area (Å²) in [5.74, 6) is 0. The second-order valence-electron chi connectivity index (χ2n) is 2.91. The zero-order valence-electron chi connectivity index (χ0n) is 7.08. The Bertz CT molecular complexity index is 378. The van der Waals surface area contributed by atoms with Crippen molar-refractivity contribution >= 4 is 11.1 Å². The Morgan fingerprint density at radius 2 is 2.42 bits per heavy atom. The summed E-state index contributed by atoms with van der Waals surface area (Å²) in [5, 5.41) is 1.10. The quantitative estimate of drug-likeness (QED) is 0.676. The fourth-order valence-corrected chi connectivity index (χ4v) is 1.33. The molecule has 0 spiro atoms. The lowest BCUT2D eigenvalue weighted by Gasteiger charge is -1.95. The summed E-state index contributed by atoms with van der Waals surface area (Å²) in [7, 11) is 0. The molecule has 0 bridgehead atoms. The van der Waals surface area contributed by atoms with Crippen molar-refractivity contribution < 1.29 is 4.42 Å². The van der Waals surface area contributed by atoms with Crippen molar-refractivity contribution in [3.8, 4) is 0 Å². The molecule has 2 nitrogen and oxygen atoms in total. The molecule has 2 aromatic heterocycles. The van der Waals surface area contributed by atoms with Gasteiger partial charge in [-0.2, -0.15) is 0 Å². The molecular weight excluding hydrogens is 150 g/mol. The van der Waals surface area contributed by atoms with Gasteiger partial charge in [-0.25, -0.2) is 4.98 Å². The van der Waals surface area contributed by atoms with Gasteiger partial charge in [0.05, 0.1) is 6.26 Å². The summed E-state index contributed by atoms with van der Waals surface area (Å²) < 4.78 is 5.14. The number of nitrogens with zero attached hydrogens (tertiary/aromatic N) is 1. The molecule has 0 aromatic carbocycles. The highest BCUT2D eigenvalue weighted by Crippen LogP contribution is 2.14. The smallest absolute Gasteiger partial charge is 0.225 e. The fraction of sp³-hybridized carbons (Fsp3) is 0.300. The molecule has 0 radical (unpaired) electrons. The Balaban J connectivity index is 2.46. The van der Waals surface area contributed by atoms with Crippen molar-refractivity contribution in [2.75, 3.05) is 0 Å². The van der Waals surface area contributed by atoms with Crippen LogP contribution >= 0.6 is 0 Å². The molecule has 0 N–H and O–H groups in total. The minimum atomic E-state index is 0.731. The molecule has 2 heterocycles. The van der Waals surface area contributed by atoms with Crippen molar-refractivity contribution in [3.05, 3.63) is 30.2 Å². The highest BCUT2D eigenvalue weighted by molar-refractivity contribution is 5.73. The van der Waals surface area contributed by atoms with Crippen LogP contribution in [-0.2, 0) is 6.42 Å². The van der Waals surface area contributed by atoms with Gasteiger partial charge in [-0.15, -0.1) is 0 Å². The van der Waals surface area contributed by atoms with E-state index in [-0.39, 0.29) is 0 Å². The standard InChI is InChI=1S/C10H11NO/c1-2-3-8-6-9-4-5-12-10(9)11-7-8/h4-7H,2-3H2,1H3. The largest absolute Gasteiger partial charge is 0.446 e. The number of fused-ring (bicyclic) bond motifs is 1. The van der Waals surface area contributed by atoms with Crippen molar-refractivity contribution in [2.45, 2.75) is 19.8 Å².